The van der Waals surface area contributed by atoms with Crippen molar-refractivity contribution in [2.45, 2.75) is 37.4 Å². The summed E-state index contributed by atoms with van der Waals surface area (Å²) in [6.45, 7) is 0. The lowest BCUT2D eigenvalue weighted by molar-refractivity contribution is 0.00933. The molecule has 1 heterocycles. The highest BCUT2D eigenvalue weighted by molar-refractivity contribution is 9.10. The van der Waals surface area contributed by atoms with Gasteiger partial charge in [0.25, 0.3) is 0 Å². The fourth-order valence-electron chi connectivity index (χ4n) is 2.70. The zero-order chi connectivity index (χ0) is 10.4. The lowest BCUT2D eigenvalue weighted by atomic mass is 9.82. The van der Waals surface area contributed by atoms with E-state index in [-0.39, 0.29) is 12.2 Å². The van der Waals surface area contributed by atoms with Crippen molar-refractivity contribution < 1.29 is 9.84 Å². The number of rotatable bonds is 0. The molecule has 2 nitrogen and oxygen atoms in total. The number of aliphatic hydroxyl groups excluding tert-OH is 1. The molecule has 3 heteroatoms. The number of ether oxygens (including phenoxy) is 1. The van der Waals surface area contributed by atoms with Crippen LogP contribution >= 0.6 is 15.9 Å². The van der Waals surface area contributed by atoms with Crippen LogP contribution < -0.4 is 4.74 Å². The van der Waals surface area contributed by atoms with Crippen LogP contribution in [0.25, 0.3) is 0 Å². The molecule has 0 spiro atoms. The molecule has 1 aliphatic heterocycles. The highest BCUT2D eigenvalue weighted by Crippen LogP contribution is 2.46. The summed E-state index contributed by atoms with van der Waals surface area (Å²) >= 11 is 3.48. The quantitative estimate of drug-likeness (QED) is 0.784. The first-order chi connectivity index (χ1) is 7.25. The highest BCUT2D eigenvalue weighted by Gasteiger charge is 2.41. The Hall–Kier alpha value is -0.540. The Kier molecular flexibility index (Phi) is 2.25. The molecule has 1 aromatic rings. The molecule has 1 aromatic carbocycles. The molecule has 80 valence electrons. The second kappa shape index (κ2) is 3.49. The van der Waals surface area contributed by atoms with Crippen LogP contribution in [-0.2, 0) is 0 Å². The Balaban J connectivity index is 2.01. The molecule has 1 aliphatic carbocycles. The van der Waals surface area contributed by atoms with E-state index < -0.39 is 0 Å². The summed E-state index contributed by atoms with van der Waals surface area (Å²) in [5, 5.41) is 9.88. The number of hydrogen-bond donors (Lipinski definition) is 1. The maximum atomic E-state index is 9.88. The van der Waals surface area contributed by atoms with Crippen molar-refractivity contribution in [3.8, 4) is 5.75 Å². The number of aliphatic hydroxyl groups is 1. The monoisotopic (exact) mass is 268 g/mol. The number of halogens is 1. The van der Waals surface area contributed by atoms with Gasteiger partial charge in [0.2, 0.25) is 0 Å². The topological polar surface area (TPSA) is 29.5 Å². The highest BCUT2D eigenvalue weighted by atomic mass is 79.9. The summed E-state index contributed by atoms with van der Waals surface area (Å²) in [6.07, 6.45) is 2.79. The van der Waals surface area contributed by atoms with E-state index in [1.165, 1.54) is 5.56 Å². The molecular formula is C12H13BrO2. The van der Waals surface area contributed by atoms with Crippen LogP contribution in [0.4, 0.5) is 0 Å². The molecule has 3 rings (SSSR count). The van der Waals surface area contributed by atoms with Crippen LogP contribution in [0.2, 0.25) is 0 Å². The van der Waals surface area contributed by atoms with E-state index in [0.717, 1.165) is 29.5 Å². The maximum absolute atomic E-state index is 9.88. The summed E-state index contributed by atoms with van der Waals surface area (Å²) in [5.74, 6) is 1.34. The van der Waals surface area contributed by atoms with Crippen LogP contribution in [0.15, 0.2) is 22.7 Å². The number of benzene rings is 1. The lowest BCUT2D eigenvalue weighted by Crippen LogP contribution is -2.36. The van der Waals surface area contributed by atoms with Crippen LogP contribution in [0.1, 0.15) is 30.7 Å². The molecule has 1 saturated carbocycles. The fourth-order valence-corrected chi connectivity index (χ4v) is 3.08. The Labute approximate surface area is 97.4 Å². The molecule has 0 amide bonds. The largest absolute Gasteiger partial charge is 0.487 e. The van der Waals surface area contributed by atoms with Crippen LogP contribution in [0, 0.1) is 0 Å². The molecule has 3 atom stereocenters. The Morgan fingerprint density at radius 2 is 2.20 bits per heavy atom. The third kappa shape index (κ3) is 1.49. The molecule has 3 unspecified atom stereocenters. The van der Waals surface area contributed by atoms with E-state index in [1.54, 1.807) is 0 Å². The molecule has 0 saturated heterocycles. The number of fused-ring (bicyclic) bond motifs is 3. The Morgan fingerprint density at radius 1 is 1.33 bits per heavy atom. The SMILES string of the molecule is OC1CCCC2c3cc(Br)ccc3OC12. The second-order valence-corrected chi connectivity index (χ2v) is 5.29. The van der Waals surface area contributed by atoms with Crippen LogP contribution in [-0.4, -0.2) is 17.3 Å². The molecule has 15 heavy (non-hydrogen) atoms. The third-order valence-electron chi connectivity index (χ3n) is 3.43. The molecule has 0 radical (unpaired) electrons. The van der Waals surface area contributed by atoms with Crippen molar-refractivity contribution in [2.24, 2.45) is 0 Å². The molecule has 0 aromatic heterocycles. The lowest BCUT2D eigenvalue weighted by Gasteiger charge is -2.29. The van der Waals surface area contributed by atoms with Gasteiger partial charge in [-0.05, 0) is 37.5 Å². The first kappa shape index (κ1) is 9.67. The van der Waals surface area contributed by atoms with E-state index in [2.05, 4.69) is 22.0 Å². The van der Waals surface area contributed by atoms with Gasteiger partial charge in [-0.1, -0.05) is 15.9 Å². The van der Waals surface area contributed by atoms with Crippen molar-refractivity contribution in [3.05, 3.63) is 28.2 Å². The minimum atomic E-state index is -0.296. The fraction of sp³-hybridized carbons (Fsp3) is 0.500. The minimum absolute atomic E-state index is 0.0111. The second-order valence-electron chi connectivity index (χ2n) is 4.37. The van der Waals surface area contributed by atoms with Gasteiger partial charge in [-0.25, -0.2) is 0 Å². The van der Waals surface area contributed by atoms with Gasteiger partial charge in [-0.2, -0.15) is 0 Å². The summed E-state index contributed by atoms with van der Waals surface area (Å²) in [5.41, 5.74) is 1.26. The van der Waals surface area contributed by atoms with Gasteiger partial charge >= 0.3 is 0 Å². The predicted octanol–water partition coefficient (Wildman–Crippen LogP) is 2.84. The van der Waals surface area contributed by atoms with Crippen molar-refractivity contribution in [2.75, 3.05) is 0 Å². The third-order valence-corrected chi connectivity index (χ3v) is 3.92. The van der Waals surface area contributed by atoms with E-state index >= 15 is 0 Å². The van der Waals surface area contributed by atoms with Crippen molar-refractivity contribution in [1.82, 2.24) is 0 Å². The minimum Gasteiger partial charge on any atom is -0.487 e. The summed E-state index contributed by atoms with van der Waals surface area (Å²) in [7, 11) is 0. The van der Waals surface area contributed by atoms with Gasteiger partial charge in [0.1, 0.15) is 11.9 Å². The van der Waals surface area contributed by atoms with Gasteiger partial charge in [0.05, 0.1) is 6.10 Å². The Bertz CT molecular complexity index is 391. The maximum Gasteiger partial charge on any atom is 0.131 e. The zero-order valence-electron chi connectivity index (χ0n) is 8.32. The van der Waals surface area contributed by atoms with Gasteiger partial charge in [0, 0.05) is 16.0 Å². The van der Waals surface area contributed by atoms with Gasteiger partial charge in [-0.3, -0.25) is 0 Å². The predicted molar refractivity (Wildman–Crippen MR) is 61.2 cm³/mol. The summed E-state index contributed by atoms with van der Waals surface area (Å²) in [4.78, 5) is 0. The van der Waals surface area contributed by atoms with Crippen molar-refractivity contribution in [1.29, 1.82) is 0 Å². The average molecular weight is 269 g/mol. The van der Waals surface area contributed by atoms with Crippen molar-refractivity contribution in [3.63, 3.8) is 0 Å². The first-order valence-electron chi connectivity index (χ1n) is 5.40. The van der Waals surface area contributed by atoms with Crippen LogP contribution in [0.5, 0.6) is 5.75 Å². The molecule has 1 N–H and O–H groups in total. The average Bonchev–Trinajstić information content (AvgIpc) is 2.58. The summed E-state index contributed by atoms with van der Waals surface area (Å²) < 4.78 is 6.90. The van der Waals surface area contributed by atoms with E-state index in [9.17, 15) is 5.11 Å². The number of hydrogen-bond acceptors (Lipinski definition) is 2. The van der Waals surface area contributed by atoms with E-state index in [4.69, 9.17) is 4.74 Å². The first-order valence-corrected chi connectivity index (χ1v) is 6.19. The van der Waals surface area contributed by atoms with Crippen LogP contribution in [0.3, 0.4) is 0 Å². The zero-order valence-corrected chi connectivity index (χ0v) is 9.90. The molecule has 0 bridgehead atoms. The normalized spacial score (nSPS) is 33.1. The Morgan fingerprint density at radius 3 is 3.07 bits per heavy atom. The van der Waals surface area contributed by atoms with Crippen molar-refractivity contribution >= 4 is 15.9 Å². The van der Waals surface area contributed by atoms with Gasteiger partial charge in [0.15, 0.2) is 0 Å². The standard InChI is InChI=1S/C12H13BrO2/c13-7-4-5-11-9(6-7)8-2-1-3-10(14)12(8)15-11/h4-6,8,10,12,14H,1-3H2. The summed E-state index contributed by atoms with van der Waals surface area (Å²) in [6, 6.07) is 6.10. The van der Waals surface area contributed by atoms with Gasteiger partial charge in [-0.15, -0.1) is 0 Å². The van der Waals surface area contributed by atoms with E-state index in [1.807, 2.05) is 12.1 Å². The molecule has 1 fully saturated rings. The molecule has 2 aliphatic rings. The molecular weight excluding hydrogens is 256 g/mol. The van der Waals surface area contributed by atoms with Gasteiger partial charge < -0.3 is 9.84 Å². The smallest absolute Gasteiger partial charge is 0.131 e. The van der Waals surface area contributed by atoms with E-state index in [0.29, 0.717) is 5.92 Å².